The number of nitrogens with zero attached hydrogens (tertiary/aromatic N) is 7. The standard InChI is InChI=1S/C21H23FN10O2/c1-30-4-6-31(7-5-30)16-9-13(26-21(33)34)8-15(17(16)22)27-20-28-18(25-12-2-3-12)19-24-11-14(10-23)32(19)29-20/h8-9,11-12,26H,2-7H2,1H3,(H,33,34)(H2,25,27,28,29). The number of nitrogens with one attached hydrogen (secondary N) is 3. The fourth-order valence-corrected chi connectivity index (χ4v) is 3.82. The van der Waals surface area contributed by atoms with Gasteiger partial charge in [0.25, 0.3) is 0 Å². The molecule has 5 rings (SSSR count). The molecule has 1 amide bonds. The largest absolute Gasteiger partial charge is 0.465 e. The summed E-state index contributed by atoms with van der Waals surface area (Å²) in [5.41, 5.74) is 1.10. The molecule has 2 aromatic heterocycles. The van der Waals surface area contributed by atoms with E-state index in [1.165, 1.54) is 22.8 Å². The van der Waals surface area contributed by atoms with E-state index in [0.717, 1.165) is 25.9 Å². The van der Waals surface area contributed by atoms with Gasteiger partial charge in [0.2, 0.25) is 5.95 Å². The molecule has 3 aromatic rings. The minimum absolute atomic E-state index is 0.00974. The Morgan fingerprint density at radius 3 is 2.71 bits per heavy atom. The van der Waals surface area contributed by atoms with Gasteiger partial charge in [0.05, 0.1) is 17.6 Å². The Hall–Kier alpha value is -4.18. The third-order valence-corrected chi connectivity index (χ3v) is 5.79. The number of piperazine rings is 1. The first-order valence-corrected chi connectivity index (χ1v) is 10.9. The van der Waals surface area contributed by atoms with Crippen molar-refractivity contribution < 1.29 is 14.3 Å². The lowest BCUT2D eigenvalue weighted by atomic mass is 10.2. The summed E-state index contributed by atoms with van der Waals surface area (Å²) in [5, 5.41) is 31.4. The van der Waals surface area contributed by atoms with Crippen LogP contribution in [0.1, 0.15) is 18.5 Å². The van der Waals surface area contributed by atoms with Crippen LogP contribution in [0.5, 0.6) is 0 Å². The van der Waals surface area contributed by atoms with Gasteiger partial charge >= 0.3 is 6.09 Å². The van der Waals surface area contributed by atoms with Crippen molar-refractivity contribution in [1.29, 1.82) is 5.26 Å². The van der Waals surface area contributed by atoms with Crippen LogP contribution < -0.4 is 20.9 Å². The zero-order valence-corrected chi connectivity index (χ0v) is 18.4. The Kier molecular flexibility index (Phi) is 5.50. The molecule has 1 aromatic carbocycles. The SMILES string of the molecule is CN1CCN(c2cc(NC(=O)O)cc(Nc3nc(NC4CC4)c4ncc(C#N)n4n3)c2F)CC1. The molecule has 176 valence electrons. The van der Waals surface area contributed by atoms with Crippen LogP contribution in [0.3, 0.4) is 0 Å². The van der Waals surface area contributed by atoms with Gasteiger partial charge < -0.3 is 25.5 Å². The molecule has 3 heterocycles. The van der Waals surface area contributed by atoms with Gasteiger partial charge in [-0.2, -0.15) is 14.8 Å². The molecular weight excluding hydrogens is 443 g/mol. The van der Waals surface area contributed by atoms with Gasteiger partial charge in [-0.25, -0.2) is 14.2 Å². The fraction of sp³-hybridized carbons (Fsp3) is 0.381. The maximum Gasteiger partial charge on any atom is 0.409 e. The van der Waals surface area contributed by atoms with Crippen molar-refractivity contribution in [2.75, 3.05) is 54.1 Å². The Morgan fingerprint density at radius 1 is 1.26 bits per heavy atom. The first-order chi connectivity index (χ1) is 16.4. The molecule has 12 nitrogen and oxygen atoms in total. The van der Waals surface area contributed by atoms with E-state index >= 15 is 4.39 Å². The molecule has 1 saturated heterocycles. The number of amides is 1. The normalized spacial score (nSPS) is 16.3. The second kappa shape index (κ2) is 8.64. The first-order valence-electron chi connectivity index (χ1n) is 10.9. The van der Waals surface area contributed by atoms with Crippen molar-refractivity contribution in [2.45, 2.75) is 18.9 Å². The number of carboxylic acid groups (broad SMARTS) is 1. The number of nitriles is 1. The number of aromatic nitrogens is 4. The molecule has 4 N–H and O–H groups in total. The van der Waals surface area contributed by atoms with Crippen LogP contribution in [-0.2, 0) is 0 Å². The zero-order valence-electron chi connectivity index (χ0n) is 18.4. The van der Waals surface area contributed by atoms with Gasteiger partial charge in [-0.15, -0.1) is 5.10 Å². The topological polar surface area (TPSA) is 147 Å². The van der Waals surface area contributed by atoms with Crippen LogP contribution in [0.2, 0.25) is 0 Å². The predicted molar refractivity (Wildman–Crippen MR) is 123 cm³/mol. The predicted octanol–water partition coefficient (Wildman–Crippen LogP) is 2.29. The lowest BCUT2D eigenvalue weighted by Crippen LogP contribution is -2.44. The molecule has 2 aliphatic rings. The molecule has 0 atom stereocenters. The smallest absolute Gasteiger partial charge is 0.409 e. The maximum atomic E-state index is 15.6. The Labute approximate surface area is 194 Å². The van der Waals surface area contributed by atoms with Crippen molar-refractivity contribution in [1.82, 2.24) is 24.5 Å². The number of carbonyl (C=O) groups is 1. The fourth-order valence-electron chi connectivity index (χ4n) is 3.82. The quantitative estimate of drug-likeness (QED) is 0.427. The molecule has 34 heavy (non-hydrogen) atoms. The van der Waals surface area contributed by atoms with Crippen LogP contribution in [-0.4, -0.2) is 75.0 Å². The third-order valence-electron chi connectivity index (χ3n) is 5.79. The van der Waals surface area contributed by atoms with E-state index < -0.39 is 11.9 Å². The van der Waals surface area contributed by atoms with E-state index in [-0.39, 0.29) is 34.7 Å². The van der Waals surface area contributed by atoms with Crippen LogP contribution in [0.15, 0.2) is 18.3 Å². The maximum absolute atomic E-state index is 15.6. The van der Waals surface area contributed by atoms with Crippen LogP contribution in [0.4, 0.5) is 38.0 Å². The summed E-state index contributed by atoms with van der Waals surface area (Å²) in [6, 6.07) is 5.12. The summed E-state index contributed by atoms with van der Waals surface area (Å²) in [6.45, 7) is 2.71. The highest BCUT2D eigenvalue weighted by Gasteiger charge is 2.25. The first kappa shape index (κ1) is 21.7. The van der Waals surface area contributed by atoms with Gasteiger partial charge in [0, 0.05) is 37.9 Å². The van der Waals surface area contributed by atoms with Crippen molar-refractivity contribution >= 4 is 40.6 Å². The molecule has 2 fully saturated rings. The second-order valence-corrected chi connectivity index (χ2v) is 8.40. The van der Waals surface area contributed by atoms with Gasteiger partial charge in [-0.3, -0.25) is 5.32 Å². The number of rotatable bonds is 6. The summed E-state index contributed by atoms with van der Waals surface area (Å²) in [6.07, 6.45) is 2.13. The molecule has 0 unspecified atom stereocenters. The summed E-state index contributed by atoms with van der Waals surface area (Å²) in [5.74, 6) is -0.0751. The number of hydrogen-bond acceptors (Lipinski definition) is 9. The lowest BCUT2D eigenvalue weighted by Gasteiger charge is -2.34. The number of hydrogen-bond donors (Lipinski definition) is 4. The minimum atomic E-state index is -1.26. The average molecular weight is 466 g/mol. The highest BCUT2D eigenvalue weighted by Crippen LogP contribution is 2.33. The van der Waals surface area contributed by atoms with Crippen molar-refractivity contribution in [2.24, 2.45) is 0 Å². The average Bonchev–Trinajstić information content (AvgIpc) is 3.52. The van der Waals surface area contributed by atoms with Crippen molar-refractivity contribution in [3.63, 3.8) is 0 Å². The van der Waals surface area contributed by atoms with Crippen LogP contribution in [0, 0.1) is 17.1 Å². The van der Waals surface area contributed by atoms with Gasteiger partial charge in [0.1, 0.15) is 6.07 Å². The molecule has 0 spiro atoms. The monoisotopic (exact) mass is 466 g/mol. The summed E-state index contributed by atoms with van der Waals surface area (Å²) < 4.78 is 17.0. The summed E-state index contributed by atoms with van der Waals surface area (Å²) >= 11 is 0. The Morgan fingerprint density at radius 2 is 2.03 bits per heavy atom. The molecule has 1 aliphatic heterocycles. The zero-order chi connectivity index (χ0) is 23.8. The molecule has 13 heteroatoms. The molecule has 0 bridgehead atoms. The number of likely N-dealkylation sites (N-methyl/N-ethyl adjacent to an activating group) is 1. The minimum Gasteiger partial charge on any atom is -0.465 e. The van der Waals surface area contributed by atoms with Gasteiger partial charge in [0.15, 0.2) is 23.0 Å². The molecule has 1 aliphatic carbocycles. The van der Waals surface area contributed by atoms with Crippen molar-refractivity contribution in [3.8, 4) is 6.07 Å². The number of fused-ring (bicyclic) bond motifs is 1. The number of benzene rings is 1. The van der Waals surface area contributed by atoms with Crippen LogP contribution in [0.25, 0.3) is 5.65 Å². The molecule has 1 saturated carbocycles. The molecular formula is C21H23FN10O2. The van der Waals surface area contributed by atoms with E-state index in [2.05, 4.69) is 35.9 Å². The lowest BCUT2D eigenvalue weighted by molar-refractivity contribution is 0.209. The van der Waals surface area contributed by atoms with Gasteiger partial charge in [-0.1, -0.05) is 0 Å². The summed E-state index contributed by atoms with van der Waals surface area (Å²) in [4.78, 5) is 24.0. The number of imidazole rings is 1. The number of halogens is 1. The van der Waals surface area contributed by atoms with Crippen molar-refractivity contribution in [3.05, 3.63) is 29.8 Å². The Bertz CT molecular complexity index is 1290. The van der Waals surface area contributed by atoms with Gasteiger partial charge in [-0.05, 0) is 32.0 Å². The second-order valence-electron chi connectivity index (χ2n) is 8.40. The van der Waals surface area contributed by atoms with Crippen LogP contribution >= 0.6 is 0 Å². The summed E-state index contributed by atoms with van der Waals surface area (Å²) in [7, 11) is 2.00. The highest BCUT2D eigenvalue weighted by molar-refractivity contribution is 5.86. The van der Waals surface area contributed by atoms with E-state index in [0.29, 0.717) is 24.6 Å². The van der Waals surface area contributed by atoms with E-state index in [1.807, 2.05) is 18.0 Å². The number of anilines is 5. The van der Waals surface area contributed by atoms with E-state index in [9.17, 15) is 15.2 Å². The van der Waals surface area contributed by atoms with E-state index in [4.69, 9.17) is 0 Å². The molecule has 0 radical (unpaired) electrons. The van der Waals surface area contributed by atoms with E-state index in [1.54, 1.807) is 0 Å². The highest BCUT2D eigenvalue weighted by atomic mass is 19.1. The third kappa shape index (κ3) is 4.35. The Balaban J connectivity index is 1.54.